The van der Waals surface area contributed by atoms with E-state index in [1.165, 1.54) is 21.3 Å². The molecule has 1 aliphatic rings. The molecular formula is C22H18N2O5S. The third-order valence-corrected chi connectivity index (χ3v) is 5.98. The van der Waals surface area contributed by atoms with Crippen molar-refractivity contribution < 1.29 is 18.9 Å². The maximum atomic E-state index is 13.1. The van der Waals surface area contributed by atoms with Crippen molar-refractivity contribution in [1.82, 2.24) is 0 Å². The van der Waals surface area contributed by atoms with Gasteiger partial charge in [-0.3, -0.25) is 4.79 Å². The highest BCUT2D eigenvalue weighted by atomic mass is 32.1. The van der Waals surface area contributed by atoms with Gasteiger partial charge in [0.25, 0.3) is 0 Å². The second-order valence-corrected chi connectivity index (χ2v) is 7.53. The van der Waals surface area contributed by atoms with Crippen LogP contribution in [0, 0.1) is 11.3 Å². The second-order valence-electron chi connectivity index (χ2n) is 6.51. The van der Waals surface area contributed by atoms with E-state index >= 15 is 0 Å². The Hall–Kier alpha value is -3.70. The molecule has 152 valence electrons. The number of nitrogens with zero attached hydrogens (tertiary/aromatic N) is 1. The zero-order chi connectivity index (χ0) is 21.4. The highest BCUT2D eigenvalue weighted by Crippen LogP contribution is 2.48. The highest BCUT2D eigenvalue weighted by Gasteiger charge is 2.35. The minimum absolute atomic E-state index is 0.0375. The first kappa shape index (κ1) is 19.6. The van der Waals surface area contributed by atoms with Crippen LogP contribution in [-0.4, -0.2) is 21.3 Å². The first-order chi connectivity index (χ1) is 14.5. The molecule has 0 amide bonds. The number of benzene rings is 2. The normalized spacial score (nSPS) is 15.2. The number of ether oxygens (including phenoxy) is 4. The summed E-state index contributed by atoms with van der Waals surface area (Å²) in [7, 11) is 4.51. The molecule has 7 nitrogen and oxygen atoms in total. The average Bonchev–Trinajstić information content (AvgIpc) is 2.77. The van der Waals surface area contributed by atoms with E-state index in [0.717, 1.165) is 21.4 Å². The molecule has 0 saturated carbocycles. The molecule has 30 heavy (non-hydrogen) atoms. The van der Waals surface area contributed by atoms with Crippen LogP contribution in [0.25, 0.3) is 10.1 Å². The molecule has 0 radical (unpaired) electrons. The topological polar surface area (TPSA) is 104 Å². The van der Waals surface area contributed by atoms with Gasteiger partial charge in [-0.25, -0.2) is 0 Å². The van der Waals surface area contributed by atoms with Gasteiger partial charge in [0.2, 0.25) is 16.4 Å². The average molecular weight is 422 g/mol. The molecule has 0 aliphatic carbocycles. The SMILES string of the molecule is COc1cc([C@@H]2C(C#N)=C(N)Oc3c2c(=O)sc2ccccc32)cc(OC)c1OC. The van der Waals surface area contributed by atoms with Gasteiger partial charge in [0.05, 0.1) is 32.8 Å². The number of fused-ring (bicyclic) bond motifs is 3. The Balaban J connectivity index is 2.07. The third-order valence-electron chi connectivity index (χ3n) is 4.99. The Morgan fingerprint density at radius 3 is 2.37 bits per heavy atom. The molecule has 0 bridgehead atoms. The van der Waals surface area contributed by atoms with Gasteiger partial charge >= 0.3 is 0 Å². The maximum Gasteiger partial charge on any atom is 0.240 e. The molecule has 2 N–H and O–H groups in total. The van der Waals surface area contributed by atoms with Gasteiger partial charge in [-0.15, -0.1) is 0 Å². The fraction of sp³-hybridized carbons (Fsp3) is 0.182. The van der Waals surface area contributed by atoms with Crippen LogP contribution in [0.2, 0.25) is 0 Å². The van der Waals surface area contributed by atoms with Crippen molar-refractivity contribution >= 4 is 21.4 Å². The van der Waals surface area contributed by atoms with E-state index < -0.39 is 5.92 Å². The van der Waals surface area contributed by atoms with Crippen LogP contribution in [0.5, 0.6) is 23.0 Å². The van der Waals surface area contributed by atoms with Crippen LogP contribution in [-0.2, 0) is 0 Å². The zero-order valence-electron chi connectivity index (χ0n) is 16.5. The molecule has 1 atom stereocenters. The van der Waals surface area contributed by atoms with E-state index in [4.69, 9.17) is 24.7 Å². The predicted molar refractivity (Wildman–Crippen MR) is 113 cm³/mol. The predicted octanol–water partition coefficient (Wildman–Crippen LogP) is 3.51. The van der Waals surface area contributed by atoms with Crippen LogP contribution in [0.1, 0.15) is 17.0 Å². The summed E-state index contributed by atoms with van der Waals surface area (Å²) in [6.45, 7) is 0. The fourth-order valence-corrected chi connectivity index (χ4v) is 4.60. The standard InChI is InChI=1S/C22H18N2O5S/c1-26-14-8-11(9-15(27-2)20(14)28-3)17-13(10-23)21(24)29-19-12-6-4-5-7-16(12)30-22(25)18(17)19/h4-9,17H,24H2,1-3H3/t17-/m1/s1. The first-order valence-corrected chi connectivity index (χ1v) is 9.78. The van der Waals surface area contributed by atoms with Gasteiger partial charge < -0.3 is 24.7 Å². The lowest BCUT2D eigenvalue weighted by Gasteiger charge is -2.27. The van der Waals surface area contributed by atoms with Gasteiger partial charge in [-0.1, -0.05) is 23.5 Å². The van der Waals surface area contributed by atoms with Gasteiger partial charge in [0, 0.05) is 10.1 Å². The highest BCUT2D eigenvalue weighted by molar-refractivity contribution is 7.16. The molecule has 1 aliphatic heterocycles. The monoisotopic (exact) mass is 422 g/mol. The zero-order valence-corrected chi connectivity index (χ0v) is 17.3. The molecule has 2 heterocycles. The fourth-order valence-electron chi connectivity index (χ4n) is 3.67. The van der Waals surface area contributed by atoms with Crippen LogP contribution in [0.15, 0.2) is 52.6 Å². The number of hydrogen-bond acceptors (Lipinski definition) is 8. The van der Waals surface area contributed by atoms with E-state index in [0.29, 0.717) is 34.1 Å². The Morgan fingerprint density at radius 1 is 1.10 bits per heavy atom. The van der Waals surface area contributed by atoms with E-state index in [1.54, 1.807) is 12.1 Å². The Labute approximate surface area is 176 Å². The van der Waals surface area contributed by atoms with Gasteiger partial charge in [-0.2, -0.15) is 5.26 Å². The minimum atomic E-state index is -0.735. The molecular weight excluding hydrogens is 404 g/mol. The number of nitrogens with two attached hydrogens (primary N) is 1. The van der Waals surface area contributed by atoms with Crippen molar-refractivity contribution in [3.63, 3.8) is 0 Å². The smallest absolute Gasteiger partial charge is 0.240 e. The second kappa shape index (κ2) is 7.61. The van der Waals surface area contributed by atoms with Gasteiger partial charge in [0.15, 0.2) is 11.5 Å². The van der Waals surface area contributed by atoms with Crippen molar-refractivity contribution in [1.29, 1.82) is 5.26 Å². The van der Waals surface area contributed by atoms with Crippen molar-refractivity contribution in [2.75, 3.05) is 21.3 Å². The lowest BCUT2D eigenvalue weighted by atomic mass is 9.84. The van der Waals surface area contributed by atoms with Crippen molar-refractivity contribution in [2.45, 2.75) is 5.92 Å². The Morgan fingerprint density at radius 2 is 1.77 bits per heavy atom. The number of nitriles is 1. The first-order valence-electron chi connectivity index (χ1n) is 8.97. The summed E-state index contributed by atoms with van der Waals surface area (Å²) in [6, 6.07) is 12.9. The number of hydrogen-bond donors (Lipinski definition) is 1. The molecule has 8 heteroatoms. The Bertz CT molecular complexity index is 1260. The summed E-state index contributed by atoms with van der Waals surface area (Å²) < 4.78 is 22.7. The lowest BCUT2D eigenvalue weighted by molar-refractivity contribution is 0.323. The van der Waals surface area contributed by atoms with Gasteiger partial charge in [-0.05, 0) is 29.8 Å². The summed E-state index contributed by atoms with van der Waals surface area (Å²) >= 11 is 1.10. The minimum Gasteiger partial charge on any atom is -0.493 e. The van der Waals surface area contributed by atoms with Gasteiger partial charge in [0.1, 0.15) is 17.4 Å². The maximum absolute atomic E-state index is 13.1. The molecule has 0 unspecified atom stereocenters. The third kappa shape index (κ3) is 2.91. The van der Waals surface area contributed by atoms with Crippen molar-refractivity contribution in [3.05, 3.63) is 68.5 Å². The van der Waals surface area contributed by atoms with Crippen LogP contribution >= 0.6 is 11.3 Å². The number of allylic oxidation sites excluding steroid dienone is 1. The van der Waals surface area contributed by atoms with E-state index in [-0.39, 0.29) is 16.2 Å². The van der Waals surface area contributed by atoms with E-state index in [1.807, 2.05) is 24.3 Å². The van der Waals surface area contributed by atoms with Crippen LogP contribution in [0.4, 0.5) is 0 Å². The van der Waals surface area contributed by atoms with Crippen LogP contribution in [0.3, 0.4) is 0 Å². The number of methoxy groups -OCH3 is 3. The molecule has 4 rings (SSSR count). The molecule has 2 aromatic carbocycles. The van der Waals surface area contributed by atoms with Crippen LogP contribution < -0.4 is 29.4 Å². The molecule has 0 spiro atoms. The summed E-state index contributed by atoms with van der Waals surface area (Å²) in [5, 5.41) is 10.6. The lowest BCUT2D eigenvalue weighted by Crippen LogP contribution is -2.25. The van der Waals surface area contributed by atoms with Crippen molar-refractivity contribution in [2.24, 2.45) is 5.73 Å². The Kier molecular flexibility index (Phi) is 4.98. The summed E-state index contributed by atoms with van der Waals surface area (Å²) in [5.74, 6) is 0.824. The number of rotatable bonds is 4. The summed E-state index contributed by atoms with van der Waals surface area (Å²) in [4.78, 5) is 13.1. The largest absolute Gasteiger partial charge is 0.493 e. The quantitative estimate of drug-likeness (QED) is 0.686. The molecule has 0 saturated heterocycles. The van der Waals surface area contributed by atoms with Crippen molar-refractivity contribution in [3.8, 4) is 29.1 Å². The molecule has 3 aromatic rings. The van der Waals surface area contributed by atoms with E-state index in [2.05, 4.69) is 6.07 Å². The summed E-state index contributed by atoms with van der Waals surface area (Å²) in [5.41, 5.74) is 7.23. The molecule has 1 aromatic heterocycles. The molecule has 0 fully saturated rings. The van der Waals surface area contributed by atoms with E-state index in [9.17, 15) is 10.1 Å². The summed E-state index contributed by atoms with van der Waals surface area (Å²) in [6.07, 6.45) is 0.